The molecule has 0 radical (unpaired) electrons. The molecule has 4 nitrogen and oxygen atoms in total. The van der Waals surface area contributed by atoms with Gasteiger partial charge in [-0.05, 0) is 35.1 Å². The molecule has 5 heteroatoms. The first-order valence-electron chi connectivity index (χ1n) is 7.09. The number of ether oxygens (including phenoxy) is 1. The molecule has 1 unspecified atom stereocenters. The fraction of sp³-hybridized carbons (Fsp3) is 0.562. The van der Waals surface area contributed by atoms with Gasteiger partial charge in [0.15, 0.2) is 0 Å². The summed E-state index contributed by atoms with van der Waals surface area (Å²) in [7, 11) is 1.31. The van der Waals surface area contributed by atoms with Crippen molar-refractivity contribution in [3.8, 4) is 0 Å². The van der Waals surface area contributed by atoms with Crippen LogP contribution in [0, 0.1) is 0 Å². The minimum Gasteiger partial charge on any atom is -0.772 e. The lowest BCUT2D eigenvalue weighted by atomic mass is 9.78. The monoisotopic (exact) mass is 311 g/mol. The van der Waals surface area contributed by atoms with Crippen LogP contribution in [-0.4, -0.2) is 21.8 Å². The lowest BCUT2D eigenvalue weighted by molar-refractivity contribution is 0.0600. The van der Waals surface area contributed by atoms with Gasteiger partial charge in [0.2, 0.25) is 0 Å². The van der Waals surface area contributed by atoms with Gasteiger partial charge in [0.25, 0.3) is 0 Å². The molecule has 0 aliphatic rings. The molecule has 21 heavy (non-hydrogen) atoms. The molecular formula is C16H23O4S-. The molecule has 1 rings (SSSR count). The van der Waals surface area contributed by atoms with E-state index in [0.717, 1.165) is 24.8 Å². The number of hydrogen-bond acceptors (Lipinski definition) is 4. The van der Waals surface area contributed by atoms with Crippen molar-refractivity contribution in [2.45, 2.75) is 51.2 Å². The first kappa shape index (κ1) is 17.9. The van der Waals surface area contributed by atoms with Crippen molar-refractivity contribution in [3.05, 3.63) is 34.9 Å². The Morgan fingerprint density at radius 2 is 2.05 bits per heavy atom. The second kappa shape index (κ2) is 7.71. The largest absolute Gasteiger partial charge is 0.772 e. The molecule has 0 spiro atoms. The van der Waals surface area contributed by atoms with E-state index >= 15 is 0 Å². The lowest BCUT2D eigenvalue weighted by Gasteiger charge is -2.28. The molecule has 1 atom stereocenters. The highest BCUT2D eigenvalue weighted by Gasteiger charge is 2.24. The first-order chi connectivity index (χ1) is 9.81. The average Bonchev–Trinajstić information content (AvgIpc) is 2.43. The van der Waals surface area contributed by atoms with E-state index < -0.39 is 17.0 Å². The second-order valence-electron chi connectivity index (χ2n) is 5.80. The fourth-order valence-corrected chi connectivity index (χ4v) is 2.99. The average molecular weight is 311 g/mol. The molecule has 0 saturated carbocycles. The van der Waals surface area contributed by atoms with Gasteiger partial charge in [-0.15, -0.1) is 0 Å². The SMILES string of the molecule is CCCCC(C)(C)c1ccc(C(=O)OC)cc1CS(=O)[O-]. The molecule has 0 aliphatic heterocycles. The normalized spacial score (nSPS) is 13.0. The van der Waals surface area contributed by atoms with Gasteiger partial charge in [0.05, 0.1) is 12.7 Å². The zero-order valence-electron chi connectivity index (χ0n) is 13.1. The minimum atomic E-state index is -2.19. The third-order valence-corrected chi connectivity index (χ3v) is 4.23. The van der Waals surface area contributed by atoms with Gasteiger partial charge < -0.3 is 9.29 Å². The van der Waals surface area contributed by atoms with Gasteiger partial charge in [0, 0.05) is 5.75 Å². The van der Waals surface area contributed by atoms with Crippen LogP contribution in [0.3, 0.4) is 0 Å². The number of carbonyl (C=O) groups is 1. The Balaban J connectivity index is 3.23. The summed E-state index contributed by atoms with van der Waals surface area (Å²) in [4.78, 5) is 11.6. The predicted molar refractivity (Wildman–Crippen MR) is 83.0 cm³/mol. The van der Waals surface area contributed by atoms with Gasteiger partial charge in [-0.1, -0.05) is 50.8 Å². The van der Waals surface area contributed by atoms with Crippen LogP contribution in [0.1, 0.15) is 61.5 Å². The summed E-state index contributed by atoms with van der Waals surface area (Å²) in [5, 5.41) is 0. The van der Waals surface area contributed by atoms with Crippen LogP contribution in [0.25, 0.3) is 0 Å². The summed E-state index contributed by atoms with van der Waals surface area (Å²) in [5.41, 5.74) is 1.91. The number of carbonyl (C=O) groups excluding carboxylic acids is 1. The minimum absolute atomic E-state index is 0.0876. The standard InChI is InChI=1S/C16H24O4S/c1-5-6-9-16(2,3)14-8-7-12(15(17)20-4)10-13(14)11-21(18)19/h7-8,10H,5-6,9,11H2,1-4H3,(H,18,19)/p-1. The topological polar surface area (TPSA) is 66.4 Å². The molecule has 0 N–H and O–H groups in total. The van der Waals surface area contributed by atoms with E-state index in [-0.39, 0.29) is 11.2 Å². The highest BCUT2D eigenvalue weighted by molar-refractivity contribution is 7.78. The molecule has 0 aromatic heterocycles. The van der Waals surface area contributed by atoms with Crippen LogP contribution >= 0.6 is 0 Å². The Hall–Kier alpha value is -1.20. The highest BCUT2D eigenvalue weighted by Crippen LogP contribution is 2.32. The Kier molecular flexibility index (Phi) is 6.55. The summed E-state index contributed by atoms with van der Waals surface area (Å²) in [6.07, 6.45) is 3.14. The zero-order chi connectivity index (χ0) is 16.0. The lowest BCUT2D eigenvalue weighted by Crippen LogP contribution is -2.20. The third kappa shape index (κ3) is 4.93. The van der Waals surface area contributed by atoms with E-state index in [4.69, 9.17) is 4.74 Å². The zero-order valence-corrected chi connectivity index (χ0v) is 13.9. The van der Waals surface area contributed by atoms with E-state index in [1.54, 1.807) is 12.1 Å². The summed E-state index contributed by atoms with van der Waals surface area (Å²) in [6.45, 7) is 6.34. The van der Waals surface area contributed by atoms with Crippen molar-refractivity contribution < 1.29 is 18.3 Å². The van der Waals surface area contributed by atoms with Crippen LogP contribution in [0.15, 0.2) is 18.2 Å². The van der Waals surface area contributed by atoms with Crippen LogP contribution in [0.4, 0.5) is 0 Å². The molecule has 0 amide bonds. The van der Waals surface area contributed by atoms with Crippen LogP contribution in [0.2, 0.25) is 0 Å². The van der Waals surface area contributed by atoms with E-state index in [1.807, 2.05) is 6.07 Å². The number of benzene rings is 1. The summed E-state index contributed by atoms with van der Waals surface area (Å²) in [6, 6.07) is 5.18. The molecular weight excluding hydrogens is 288 g/mol. The Bertz CT molecular complexity index is 523. The molecule has 0 bridgehead atoms. The van der Waals surface area contributed by atoms with Gasteiger partial charge in [-0.2, -0.15) is 0 Å². The maximum atomic E-state index is 11.6. The molecule has 0 saturated heterocycles. The van der Waals surface area contributed by atoms with E-state index in [9.17, 15) is 13.6 Å². The smallest absolute Gasteiger partial charge is 0.337 e. The Morgan fingerprint density at radius 1 is 1.38 bits per heavy atom. The number of esters is 1. The molecule has 118 valence electrons. The van der Waals surface area contributed by atoms with Crippen LogP contribution in [0.5, 0.6) is 0 Å². The van der Waals surface area contributed by atoms with Crippen LogP contribution < -0.4 is 0 Å². The van der Waals surface area contributed by atoms with E-state index in [2.05, 4.69) is 20.8 Å². The van der Waals surface area contributed by atoms with Crippen molar-refractivity contribution in [2.75, 3.05) is 7.11 Å². The number of rotatable bonds is 7. The Morgan fingerprint density at radius 3 is 2.57 bits per heavy atom. The maximum Gasteiger partial charge on any atom is 0.337 e. The molecule has 1 aromatic carbocycles. The molecule has 0 aliphatic carbocycles. The van der Waals surface area contributed by atoms with Gasteiger partial charge in [-0.25, -0.2) is 4.79 Å². The maximum absolute atomic E-state index is 11.6. The van der Waals surface area contributed by atoms with Crippen molar-refractivity contribution in [1.29, 1.82) is 0 Å². The predicted octanol–water partition coefficient (Wildman–Crippen LogP) is 3.32. The van der Waals surface area contributed by atoms with Crippen molar-refractivity contribution >= 4 is 17.0 Å². The van der Waals surface area contributed by atoms with Gasteiger partial charge >= 0.3 is 5.97 Å². The number of unbranched alkanes of at least 4 members (excludes halogenated alkanes) is 1. The highest BCUT2D eigenvalue weighted by atomic mass is 32.2. The third-order valence-electron chi connectivity index (χ3n) is 3.68. The summed E-state index contributed by atoms with van der Waals surface area (Å²) >= 11 is -2.19. The van der Waals surface area contributed by atoms with Crippen molar-refractivity contribution in [3.63, 3.8) is 0 Å². The number of hydrogen-bond donors (Lipinski definition) is 0. The Labute approximate surface area is 129 Å². The summed E-state index contributed by atoms with van der Waals surface area (Å²) in [5.74, 6) is -0.540. The quantitative estimate of drug-likeness (QED) is 0.572. The van der Waals surface area contributed by atoms with Crippen molar-refractivity contribution in [2.24, 2.45) is 0 Å². The second-order valence-corrected chi connectivity index (χ2v) is 6.70. The van der Waals surface area contributed by atoms with Gasteiger partial charge in [-0.3, -0.25) is 4.21 Å². The van der Waals surface area contributed by atoms with E-state index in [1.165, 1.54) is 7.11 Å². The van der Waals surface area contributed by atoms with Crippen LogP contribution in [-0.2, 0) is 27.0 Å². The van der Waals surface area contributed by atoms with Gasteiger partial charge in [0.1, 0.15) is 0 Å². The van der Waals surface area contributed by atoms with Crippen molar-refractivity contribution in [1.82, 2.24) is 0 Å². The molecule has 1 aromatic rings. The molecule has 0 fully saturated rings. The summed E-state index contributed by atoms with van der Waals surface area (Å²) < 4.78 is 26.9. The van der Waals surface area contributed by atoms with E-state index in [0.29, 0.717) is 11.1 Å². The molecule has 0 heterocycles. The first-order valence-corrected chi connectivity index (χ1v) is 8.33. The number of methoxy groups -OCH3 is 1. The fourth-order valence-electron chi connectivity index (χ4n) is 2.50.